The first-order valence-corrected chi connectivity index (χ1v) is 10.9. The maximum Gasteiger partial charge on any atom is 0.233 e. The van der Waals surface area contributed by atoms with Crippen molar-refractivity contribution >= 4 is 21.6 Å². The van der Waals surface area contributed by atoms with Crippen LogP contribution in [0.4, 0.5) is 14.6 Å². The van der Waals surface area contributed by atoms with Gasteiger partial charge in [-0.25, -0.2) is 17.2 Å². The van der Waals surface area contributed by atoms with Gasteiger partial charge in [-0.3, -0.25) is 9.48 Å². The average molecular weight is 411 g/mol. The highest BCUT2D eigenvalue weighted by Gasteiger charge is 2.37. The number of nitrogens with one attached hydrogen (secondary N) is 1. The van der Waals surface area contributed by atoms with Crippen molar-refractivity contribution in [2.45, 2.75) is 42.4 Å². The molecule has 152 valence electrons. The minimum atomic E-state index is -3.36. The number of carbonyl (C=O) groups is 1. The lowest BCUT2D eigenvalue weighted by Crippen LogP contribution is -2.23. The van der Waals surface area contributed by atoms with E-state index in [1.165, 1.54) is 12.1 Å². The van der Waals surface area contributed by atoms with E-state index in [1.807, 2.05) is 0 Å². The van der Waals surface area contributed by atoms with Crippen molar-refractivity contribution in [2.24, 2.45) is 13.0 Å². The van der Waals surface area contributed by atoms with Gasteiger partial charge in [0.05, 0.1) is 10.8 Å². The number of carbonyl (C=O) groups excluding carboxylic acids is 1. The second kappa shape index (κ2) is 7.98. The van der Waals surface area contributed by atoms with Crippen molar-refractivity contribution < 1.29 is 22.0 Å². The molecule has 9 heteroatoms. The third-order valence-corrected chi connectivity index (χ3v) is 6.20. The van der Waals surface area contributed by atoms with Crippen molar-refractivity contribution in [1.29, 1.82) is 0 Å². The summed E-state index contributed by atoms with van der Waals surface area (Å²) in [4.78, 5) is 13.0. The second-order valence-corrected chi connectivity index (χ2v) is 9.38. The lowest BCUT2D eigenvalue weighted by molar-refractivity contribution is -0.118. The Kier molecular flexibility index (Phi) is 5.83. The summed E-state index contributed by atoms with van der Waals surface area (Å²) in [5.74, 6) is -0.899. The Labute approximate surface area is 162 Å². The third-order valence-electron chi connectivity index (χ3n) is 5.07. The van der Waals surface area contributed by atoms with Gasteiger partial charge in [0, 0.05) is 25.6 Å². The number of halogens is 2. The van der Waals surface area contributed by atoms with Crippen molar-refractivity contribution in [3.05, 3.63) is 42.1 Å². The maximum absolute atomic E-state index is 13.6. The van der Waals surface area contributed by atoms with Crippen LogP contribution in [0, 0.1) is 5.92 Å². The van der Waals surface area contributed by atoms with Crippen LogP contribution in [-0.2, 0) is 21.7 Å². The molecule has 1 aliphatic rings. The number of hydrogen-bond acceptors (Lipinski definition) is 4. The normalized spacial score (nSPS) is 23.5. The smallest absolute Gasteiger partial charge is 0.233 e. The molecule has 1 heterocycles. The van der Waals surface area contributed by atoms with E-state index in [1.54, 1.807) is 36.1 Å². The number of aryl methyl sites for hydroxylation is 1. The van der Waals surface area contributed by atoms with Gasteiger partial charge in [0.25, 0.3) is 0 Å². The number of amides is 1. The Morgan fingerprint density at radius 2 is 1.82 bits per heavy atom. The Morgan fingerprint density at radius 3 is 2.32 bits per heavy atom. The molecule has 1 fully saturated rings. The molecule has 4 atom stereocenters. The van der Waals surface area contributed by atoms with Crippen molar-refractivity contribution in [3.8, 4) is 0 Å². The van der Waals surface area contributed by atoms with Gasteiger partial charge in [0.2, 0.25) is 5.91 Å². The first-order chi connectivity index (χ1) is 13.1. The summed E-state index contributed by atoms with van der Waals surface area (Å²) in [6.45, 7) is 0. The second-order valence-electron chi connectivity index (χ2n) is 7.36. The highest BCUT2D eigenvalue weighted by molar-refractivity contribution is 7.90. The summed E-state index contributed by atoms with van der Waals surface area (Å²) in [5, 5.41) is 6.84. The molecular weight excluding hydrogens is 388 g/mol. The lowest BCUT2D eigenvalue weighted by atomic mass is 9.87. The maximum atomic E-state index is 13.6. The molecule has 3 rings (SSSR count). The summed E-state index contributed by atoms with van der Waals surface area (Å²) in [6, 6.07) is 7.68. The van der Waals surface area contributed by atoms with Crippen LogP contribution in [0.3, 0.4) is 0 Å². The molecule has 0 saturated heterocycles. The first kappa shape index (κ1) is 20.4. The summed E-state index contributed by atoms with van der Waals surface area (Å²) in [5.41, 5.74) is 0.596. The van der Waals surface area contributed by atoms with Crippen LogP contribution >= 0.6 is 0 Å². The molecule has 1 amide bonds. The highest BCUT2D eigenvalue weighted by atomic mass is 32.2. The van der Waals surface area contributed by atoms with Gasteiger partial charge in [-0.15, -0.1) is 0 Å². The summed E-state index contributed by atoms with van der Waals surface area (Å²) in [7, 11) is -1.64. The molecule has 2 aromatic rings. The SMILES string of the molecule is Cn1ccc(NC(=O)[C@H](C[C@H]2C[C@@H](F)[C@@H](F)C2)c2ccc(S(C)(=O)=O)cc2)n1. The van der Waals surface area contributed by atoms with E-state index >= 15 is 0 Å². The molecule has 1 N–H and O–H groups in total. The summed E-state index contributed by atoms with van der Waals surface area (Å²) in [6.07, 6.45) is 0.219. The van der Waals surface area contributed by atoms with E-state index in [0.29, 0.717) is 11.4 Å². The zero-order valence-electron chi connectivity index (χ0n) is 15.7. The molecule has 0 aliphatic heterocycles. The van der Waals surface area contributed by atoms with Crippen LogP contribution in [0.2, 0.25) is 0 Å². The molecule has 6 nitrogen and oxygen atoms in total. The van der Waals surface area contributed by atoms with E-state index in [9.17, 15) is 22.0 Å². The van der Waals surface area contributed by atoms with E-state index in [2.05, 4.69) is 10.4 Å². The molecule has 1 aromatic heterocycles. The van der Waals surface area contributed by atoms with Gasteiger partial charge in [0.1, 0.15) is 12.3 Å². The summed E-state index contributed by atoms with van der Waals surface area (Å²) >= 11 is 0. The van der Waals surface area contributed by atoms with Crippen molar-refractivity contribution in [2.75, 3.05) is 11.6 Å². The van der Waals surface area contributed by atoms with Crippen LogP contribution in [0.25, 0.3) is 0 Å². The quantitative estimate of drug-likeness (QED) is 0.792. The first-order valence-electron chi connectivity index (χ1n) is 9.02. The van der Waals surface area contributed by atoms with Crippen LogP contribution in [0.15, 0.2) is 41.4 Å². The fourth-order valence-corrected chi connectivity index (χ4v) is 4.22. The fourth-order valence-electron chi connectivity index (χ4n) is 3.59. The third kappa shape index (κ3) is 4.76. The van der Waals surface area contributed by atoms with Gasteiger partial charge < -0.3 is 5.32 Å². The highest BCUT2D eigenvalue weighted by Crippen LogP contribution is 2.38. The molecule has 1 saturated carbocycles. The van der Waals surface area contributed by atoms with Gasteiger partial charge in [-0.1, -0.05) is 12.1 Å². The number of anilines is 1. The lowest BCUT2D eigenvalue weighted by Gasteiger charge is -2.20. The Morgan fingerprint density at radius 1 is 1.21 bits per heavy atom. The Balaban J connectivity index is 1.84. The zero-order valence-corrected chi connectivity index (χ0v) is 16.5. The van der Waals surface area contributed by atoms with E-state index in [4.69, 9.17) is 0 Å². The molecule has 1 aromatic carbocycles. The molecule has 0 radical (unpaired) electrons. The number of nitrogens with zero attached hydrogens (tertiary/aromatic N) is 2. The standard InChI is InChI=1S/C19H23F2N3O3S/c1-24-8-7-18(23-24)22-19(25)15(9-12-10-16(20)17(21)11-12)13-3-5-14(6-4-13)28(2,26)27/h3-8,12,15-17H,9-11H2,1-2H3,(H,22,23,25)/t12-,15-,16+,17-/m1/s1. The van der Waals surface area contributed by atoms with Crippen LogP contribution in [0.5, 0.6) is 0 Å². The molecule has 1 aliphatic carbocycles. The molecule has 0 bridgehead atoms. The molecule has 0 unspecified atom stereocenters. The van der Waals surface area contributed by atoms with E-state index in [-0.39, 0.29) is 36.0 Å². The fraction of sp³-hybridized carbons (Fsp3) is 0.474. The largest absolute Gasteiger partial charge is 0.309 e. The van der Waals surface area contributed by atoms with Crippen molar-refractivity contribution in [3.63, 3.8) is 0 Å². The number of benzene rings is 1. The average Bonchev–Trinajstić information content (AvgIpc) is 3.17. The number of hydrogen-bond donors (Lipinski definition) is 1. The minimum absolute atomic E-state index is 0.0793. The number of aromatic nitrogens is 2. The predicted molar refractivity (Wildman–Crippen MR) is 101 cm³/mol. The van der Waals surface area contributed by atoms with E-state index in [0.717, 1.165) is 6.26 Å². The van der Waals surface area contributed by atoms with Crippen LogP contribution < -0.4 is 5.32 Å². The predicted octanol–water partition coefficient (Wildman–Crippen LogP) is 3.02. The zero-order chi connectivity index (χ0) is 20.5. The van der Waals surface area contributed by atoms with Gasteiger partial charge in [-0.2, -0.15) is 5.10 Å². The topological polar surface area (TPSA) is 81.1 Å². The van der Waals surface area contributed by atoms with E-state index < -0.39 is 28.1 Å². The van der Waals surface area contributed by atoms with Gasteiger partial charge >= 0.3 is 0 Å². The Bertz CT molecular complexity index is 934. The van der Waals surface area contributed by atoms with Crippen LogP contribution in [0.1, 0.15) is 30.7 Å². The van der Waals surface area contributed by atoms with Gasteiger partial charge in [0.15, 0.2) is 15.7 Å². The molecule has 28 heavy (non-hydrogen) atoms. The number of alkyl halides is 2. The number of rotatable bonds is 6. The summed E-state index contributed by atoms with van der Waals surface area (Å²) < 4.78 is 52.1. The number of sulfone groups is 1. The van der Waals surface area contributed by atoms with Crippen molar-refractivity contribution in [1.82, 2.24) is 9.78 Å². The van der Waals surface area contributed by atoms with Gasteiger partial charge in [-0.05, 0) is 42.9 Å². The molecule has 0 spiro atoms. The van der Waals surface area contributed by atoms with Crippen LogP contribution in [-0.4, -0.2) is 42.7 Å². The minimum Gasteiger partial charge on any atom is -0.309 e. The molecular formula is C19H23F2N3O3S. The Hall–Kier alpha value is -2.29. The monoisotopic (exact) mass is 411 g/mol.